The summed E-state index contributed by atoms with van der Waals surface area (Å²) in [5, 5.41) is 18.2. The number of aromatic amines is 1. The van der Waals surface area contributed by atoms with E-state index in [1.165, 1.54) is 0 Å². The molecule has 5 rings (SSSR count). The van der Waals surface area contributed by atoms with Gasteiger partial charge in [-0.15, -0.1) is 0 Å². The van der Waals surface area contributed by atoms with Crippen molar-refractivity contribution in [3.8, 4) is 11.1 Å². The zero-order valence-corrected chi connectivity index (χ0v) is 16.5. The van der Waals surface area contributed by atoms with Crippen LogP contribution in [0, 0.1) is 0 Å². The summed E-state index contributed by atoms with van der Waals surface area (Å²) in [6, 6.07) is 2.04. The van der Waals surface area contributed by atoms with Gasteiger partial charge in [0.25, 0.3) is 0 Å². The predicted octanol–water partition coefficient (Wildman–Crippen LogP) is 2.88. The second-order valence-electron chi connectivity index (χ2n) is 6.74. The van der Waals surface area contributed by atoms with Crippen molar-refractivity contribution in [1.29, 1.82) is 0 Å². The highest BCUT2D eigenvalue weighted by atomic mass is 79.9. The van der Waals surface area contributed by atoms with Gasteiger partial charge in [-0.25, -0.2) is 15.0 Å². The van der Waals surface area contributed by atoms with E-state index in [-0.39, 0.29) is 0 Å². The van der Waals surface area contributed by atoms with Crippen LogP contribution < -0.4 is 10.6 Å². The molecule has 0 amide bonds. The van der Waals surface area contributed by atoms with E-state index in [0.29, 0.717) is 11.9 Å². The molecule has 3 N–H and O–H groups in total. The molecule has 28 heavy (non-hydrogen) atoms. The van der Waals surface area contributed by atoms with Gasteiger partial charge in [0.1, 0.15) is 5.82 Å². The summed E-state index contributed by atoms with van der Waals surface area (Å²) >= 11 is 3.36. The monoisotopic (exact) mass is 439 g/mol. The Balaban J connectivity index is 1.63. The maximum Gasteiger partial charge on any atom is 0.228 e. The number of hydrogen-bond acceptors (Lipinski definition) is 7. The average molecular weight is 440 g/mol. The van der Waals surface area contributed by atoms with Crippen LogP contribution in [-0.4, -0.2) is 47.9 Å². The van der Waals surface area contributed by atoms with Crippen molar-refractivity contribution in [2.75, 3.05) is 18.4 Å². The highest BCUT2D eigenvalue weighted by Crippen LogP contribution is 2.30. The summed E-state index contributed by atoms with van der Waals surface area (Å²) in [7, 11) is 0. The summed E-state index contributed by atoms with van der Waals surface area (Å²) in [6.45, 7) is 1.98. The van der Waals surface area contributed by atoms with Crippen molar-refractivity contribution in [1.82, 2.24) is 40.1 Å². The molecule has 0 aromatic carbocycles. The number of hydrogen-bond donors (Lipinski definition) is 3. The van der Waals surface area contributed by atoms with E-state index in [1.54, 1.807) is 23.1 Å². The summed E-state index contributed by atoms with van der Waals surface area (Å²) in [6.07, 6.45) is 11.1. The van der Waals surface area contributed by atoms with Crippen LogP contribution in [0.25, 0.3) is 16.8 Å². The molecule has 1 aliphatic heterocycles. The van der Waals surface area contributed by atoms with Crippen molar-refractivity contribution in [2.45, 2.75) is 18.8 Å². The van der Waals surface area contributed by atoms with E-state index in [2.05, 4.69) is 51.8 Å². The van der Waals surface area contributed by atoms with Crippen LogP contribution in [0.5, 0.6) is 0 Å². The van der Waals surface area contributed by atoms with Gasteiger partial charge in [0, 0.05) is 48.2 Å². The smallest absolute Gasteiger partial charge is 0.228 e. The van der Waals surface area contributed by atoms with Crippen molar-refractivity contribution in [3.63, 3.8) is 0 Å². The third-order valence-electron chi connectivity index (χ3n) is 4.88. The quantitative estimate of drug-likeness (QED) is 0.448. The molecule has 9 nitrogen and oxygen atoms in total. The second kappa shape index (κ2) is 7.28. The highest BCUT2D eigenvalue weighted by molar-refractivity contribution is 9.10. The van der Waals surface area contributed by atoms with E-state index in [9.17, 15) is 0 Å². The first kappa shape index (κ1) is 17.3. The fraction of sp³-hybridized carbons (Fsp3) is 0.278. The average Bonchev–Trinajstić information content (AvgIpc) is 3.40. The number of piperidine rings is 1. The number of nitrogens with one attached hydrogen (secondary N) is 3. The lowest BCUT2D eigenvalue weighted by atomic mass is 9.96. The maximum absolute atomic E-state index is 4.96. The van der Waals surface area contributed by atoms with E-state index < -0.39 is 0 Å². The molecular weight excluding hydrogens is 422 g/mol. The molecule has 0 spiro atoms. The fourth-order valence-electron chi connectivity index (χ4n) is 3.48. The molecule has 1 aliphatic rings. The van der Waals surface area contributed by atoms with Crippen LogP contribution in [0.3, 0.4) is 0 Å². The first-order chi connectivity index (χ1) is 13.8. The Bertz CT molecular complexity index is 1080. The molecule has 0 aliphatic carbocycles. The lowest BCUT2D eigenvalue weighted by molar-refractivity contribution is 0.455. The van der Waals surface area contributed by atoms with Gasteiger partial charge < -0.3 is 10.6 Å². The van der Waals surface area contributed by atoms with Crippen molar-refractivity contribution in [3.05, 3.63) is 47.2 Å². The Morgan fingerprint density at radius 2 is 2.07 bits per heavy atom. The number of fused-ring (bicyclic) bond motifs is 1. The van der Waals surface area contributed by atoms with Crippen molar-refractivity contribution in [2.24, 2.45) is 0 Å². The third kappa shape index (κ3) is 3.25. The zero-order chi connectivity index (χ0) is 18.9. The minimum Gasteiger partial charge on any atom is -0.316 e. The third-order valence-corrected chi connectivity index (χ3v) is 5.29. The number of H-pyrrole nitrogens is 1. The Morgan fingerprint density at radius 3 is 2.82 bits per heavy atom. The first-order valence-electron chi connectivity index (χ1n) is 9.11. The van der Waals surface area contributed by atoms with Gasteiger partial charge in [-0.3, -0.25) is 5.10 Å². The second-order valence-corrected chi connectivity index (χ2v) is 7.66. The van der Waals surface area contributed by atoms with Gasteiger partial charge >= 0.3 is 0 Å². The van der Waals surface area contributed by atoms with Crippen molar-refractivity contribution >= 4 is 33.3 Å². The molecule has 4 aromatic rings. The molecule has 1 unspecified atom stereocenters. The molecule has 5 heterocycles. The Kier molecular flexibility index (Phi) is 4.49. The Labute approximate surface area is 169 Å². The molecule has 0 saturated carbocycles. The van der Waals surface area contributed by atoms with E-state index in [4.69, 9.17) is 4.98 Å². The highest BCUT2D eigenvalue weighted by Gasteiger charge is 2.21. The lowest BCUT2D eigenvalue weighted by Crippen LogP contribution is -2.29. The number of anilines is 2. The maximum atomic E-state index is 4.96. The standard InChI is InChI=1S/C18H18BrN9/c19-13-8-21-18(22-9-13)27-16-4-15(11-2-1-3-20-5-11)26-17-14(10-25-28(16)17)12-6-23-24-7-12/h4,6-11,20H,1-3,5H2,(H,23,24)(H,21,22,27). The van der Waals surface area contributed by atoms with Crippen LogP contribution in [0.1, 0.15) is 24.5 Å². The van der Waals surface area contributed by atoms with Gasteiger partial charge in [0.05, 0.1) is 22.6 Å². The minimum atomic E-state index is 0.359. The minimum absolute atomic E-state index is 0.359. The van der Waals surface area contributed by atoms with Crippen LogP contribution in [-0.2, 0) is 0 Å². The first-order valence-corrected chi connectivity index (χ1v) is 9.90. The molecular formula is C18H18BrN9. The molecule has 4 aromatic heterocycles. The lowest BCUT2D eigenvalue weighted by Gasteiger charge is -2.23. The van der Waals surface area contributed by atoms with Gasteiger partial charge in [0.2, 0.25) is 5.95 Å². The number of aromatic nitrogens is 7. The van der Waals surface area contributed by atoms with Crippen LogP contribution in [0.4, 0.5) is 11.8 Å². The largest absolute Gasteiger partial charge is 0.316 e. The number of rotatable bonds is 4. The number of halogens is 1. The Hall–Kier alpha value is -2.85. The summed E-state index contributed by atoms with van der Waals surface area (Å²) in [5.74, 6) is 1.64. The molecule has 10 heteroatoms. The summed E-state index contributed by atoms with van der Waals surface area (Å²) in [5.41, 5.74) is 3.69. The molecule has 1 fully saturated rings. The molecule has 1 saturated heterocycles. The number of nitrogens with zero attached hydrogens (tertiary/aromatic N) is 6. The summed E-state index contributed by atoms with van der Waals surface area (Å²) in [4.78, 5) is 13.6. The van der Waals surface area contributed by atoms with Gasteiger partial charge in [-0.2, -0.15) is 14.7 Å². The normalized spacial score (nSPS) is 17.1. The molecule has 1 atom stereocenters. The zero-order valence-electron chi connectivity index (χ0n) is 14.9. The van der Waals surface area contributed by atoms with E-state index in [1.807, 2.05) is 18.5 Å². The molecule has 142 valence electrons. The molecule has 0 bridgehead atoms. The van der Waals surface area contributed by atoms with E-state index >= 15 is 0 Å². The van der Waals surface area contributed by atoms with E-state index in [0.717, 1.165) is 58.7 Å². The van der Waals surface area contributed by atoms with Gasteiger partial charge in [-0.05, 0) is 35.3 Å². The van der Waals surface area contributed by atoms with Crippen LogP contribution >= 0.6 is 15.9 Å². The predicted molar refractivity (Wildman–Crippen MR) is 108 cm³/mol. The fourth-order valence-corrected chi connectivity index (χ4v) is 3.68. The molecule has 0 radical (unpaired) electrons. The summed E-state index contributed by atoms with van der Waals surface area (Å²) < 4.78 is 2.61. The van der Waals surface area contributed by atoms with Gasteiger partial charge in [-0.1, -0.05) is 0 Å². The Morgan fingerprint density at radius 1 is 1.18 bits per heavy atom. The topological polar surface area (TPSA) is 109 Å². The van der Waals surface area contributed by atoms with Crippen molar-refractivity contribution < 1.29 is 0 Å². The SMILES string of the molecule is Brc1cnc(Nc2cc(C3CCCNC3)nc3c(-c4cn[nH]c4)cnn23)nc1. The van der Waals surface area contributed by atoms with Gasteiger partial charge in [0.15, 0.2) is 5.65 Å². The van der Waals surface area contributed by atoms with Crippen LogP contribution in [0.15, 0.2) is 41.5 Å². The van der Waals surface area contributed by atoms with Crippen LogP contribution in [0.2, 0.25) is 0 Å².